The van der Waals surface area contributed by atoms with Gasteiger partial charge in [-0.05, 0) is 19.9 Å². The van der Waals surface area contributed by atoms with Crippen LogP contribution >= 0.6 is 0 Å². The van der Waals surface area contributed by atoms with Crippen LogP contribution in [0, 0.1) is 5.92 Å². The van der Waals surface area contributed by atoms with Crippen molar-refractivity contribution in [3.8, 4) is 0 Å². The van der Waals surface area contributed by atoms with Crippen molar-refractivity contribution in [1.82, 2.24) is 0 Å². The van der Waals surface area contributed by atoms with E-state index < -0.39 is 53.4 Å². The van der Waals surface area contributed by atoms with E-state index >= 15 is 0 Å². The Morgan fingerprint density at radius 3 is 1.74 bits per heavy atom. The molecule has 1 aliphatic carbocycles. The Morgan fingerprint density at radius 2 is 1.32 bits per heavy atom. The van der Waals surface area contributed by atoms with Gasteiger partial charge in [-0.2, -0.15) is 57.1 Å². The van der Waals surface area contributed by atoms with E-state index in [1.165, 1.54) is 6.92 Å². The number of ether oxygens (including phenoxy) is 2. The number of esters is 1. The minimum Gasteiger partial charge on any atom is -0.496 e. The minimum absolute atomic E-state index is 0.0185. The van der Waals surface area contributed by atoms with Gasteiger partial charge in [0, 0.05) is 11.1 Å². The second-order valence-corrected chi connectivity index (χ2v) is 6.80. The summed E-state index contributed by atoms with van der Waals surface area (Å²) in [5.74, 6) is -42.6. The minimum atomic E-state index is -7.98. The van der Waals surface area contributed by atoms with Gasteiger partial charge in [0.05, 0.1) is 19.6 Å². The van der Waals surface area contributed by atoms with Crippen LogP contribution in [0.2, 0.25) is 0 Å². The Morgan fingerprint density at radius 1 is 0.853 bits per heavy atom. The molecule has 0 aliphatic heterocycles. The third-order valence-electron chi connectivity index (χ3n) is 4.65. The van der Waals surface area contributed by atoms with Gasteiger partial charge in [0.2, 0.25) is 0 Å². The summed E-state index contributed by atoms with van der Waals surface area (Å²) in [6, 6.07) is 0. The molecule has 34 heavy (non-hydrogen) atoms. The Labute approximate surface area is 182 Å². The molecule has 0 saturated carbocycles. The van der Waals surface area contributed by atoms with Gasteiger partial charge in [-0.3, -0.25) is 0 Å². The van der Waals surface area contributed by atoms with E-state index in [0.29, 0.717) is 6.08 Å². The third kappa shape index (κ3) is 4.34. The summed E-state index contributed by atoms with van der Waals surface area (Å²) in [6.07, 6.45) is -7.02. The quantitative estimate of drug-likeness (QED) is 0.211. The van der Waals surface area contributed by atoms with E-state index in [-0.39, 0.29) is 29.9 Å². The van der Waals surface area contributed by atoms with Crippen molar-refractivity contribution < 1.29 is 71.3 Å². The van der Waals surface area contributed by atoms with Crippen LogP contribution in [0.15, 0.2) is 35.1 Å². The maximum absolute atomic E-state index is 14.4. The number of allylic oxidation sites excluding steroid dienone is 3. The van der Waals surface area contributed by atoms with E-state index in [2.05, 4.69) is 9.47 Å². The van der Waals surface area contributed by atoms with E-state index in [1.807, 2.05) is 0 Å². The number of hydrogen-bond donors (Lipinski definition) is 0. The van der Waals surface area contributed by atoms with Crippen LogP contribution in [0.1, 0.15) is 13.8 Å². The van der Waals surface area contributed by atoms with E-state index in [9.17, 15) is 61.9 Å². The van der Waals surface area contributed by atoms with Crippen molar-refractivity contribution in [2.45, 2.75) is 49.6 Å². The van der Waals surface area contributed by atoms with E-state index in [0.717, 1.165) is 14.0 Å². The summed E-state index contributed by atoms with van der Waals surface area (Å²) in [5, 5.41) is 0. The van der Waals surface area contributed by atoms with Crippen LogP contribution in [0.25, 0.3) is 0 Å². The molecular weight excluding hydrogens is 511 g/mol. The maximum Gasteiger partial charge on any atom is 0.460 e. The first kappa shape index (κ1) is 29.6. The van der Waals surface area contributed by atoms with Crippen LogP contribution in [0.3, 0.4) is 0 Å². The fourth-order valence-electron chi connectivity index (χ4n) is 2.64. The molecule has 0 spiro atoms. The normalized spacial score (nSPS) is 20.1. The molecular formula is C18H15F13O3. The van der Waals surface area contributed by atoms with Crippen molar-refractivity contribution in [3.05, 3.63) is 35.1 Å². The van der Waals surface area contributed by atoms with Crippen LogP contribution in [0.4, 0.5) is 57.1 Å². The smallest absolute Gasteiger partial charge is 0.460 e. The molecule has 3 nitrogen and oxygen atoms in total. The highest BCUT2D eigenvalue weighted by Crippen LogP contribution is 2.61. The Balaban J connectivity index is 3.57. The fraction of sp³-hybridized carbons (Fsp3) is 0.611. The molecule has 0 aromatic heterocycles. The van der Waals surface area contributed by atoms with Gasteiger partial charge in [-0.25, -0.2) is 4.79 Å². The van der Waals surface area contributed by atoms with Gasteiger partial charge in [-0.1, -0.05) is 12.2 Å². The number of methoxy groups -OCH3 is 1. The molecule has 0 amide bonds. The summed E-state index contributed by atoms with van der Waals surface area (Å²) in [5.41, 5.74) is -0.724. The zero-order valence-corrected chi connectivity index (χ0v) is 17.2. The maximum atomic E-state index is 14.4. The molecule has 0 bridgehead atoms. The summed E-state index contributed by atoms with van der Waals surface area (Å²) >= 11 is 0. The first-order valence-electron chi connectivity index (χ1n) is 8.84. The zero-order chi connectivity index (χ0) is 27.1. The molecule has 1 atom stereocenters. The molecule has 1 aliphatic rings. The number of hydrogen-bond acceptors (Lipinski definition) is 3. The highest BCUT2D eigenvalue weighted by Gasteiger charge is 2.91. The molecule has 0 radical (unpaired) electrons. The Hall–Kier alpha value is -2.42. The van der Waals surface area contributed by atoms with Crippen molar-refractivity contribution in [3.63, 3.8) is 0 Å². The molecule has 0 N–H and O–H groups in total. The fourth-order valence-corrected chi connectivity index (χ4v) is 2.64. The molecule has 0 fully saturated rings. The van der Waals surface area contributed by atoms with Crippen molar-refractivity contribution in [1.29, 1.82) is 0 Å². The monoisotopic (exact) mass is 526 g/mol. The standard InChI is InChI=1S/C18H15F13O3/c1-4-34-12(32)8(2)10-6-5-9(7-11(10)33-3)13(19,20)14(21,22)15(23,24)16(25,26)17(27,28)18(29,30)31/h5-7,9H,4H2,1-3H3. The lowest BCUT2D eigenvalue weighted by Crippen LogP contribution is -2.70. The summed E-state index contributed by atoms with van der Waals surface area (Å²) in [4.78, 5) is 11.7. The first-order valence-corrected chi connectivity index (χ1v) is 8.84. The number of carbonyl (C=O) groups is 1. The lowest BCUT2D eigenvalue weighted by atomic mass is 9.84. The molecule has 196 valence electrons. The second-order valence-electron chi connectivity index (χ2n) is 6.80. The van der Waals surface area contributed by atoms with Gasteiger partial charge in [-0.15, -0.1) is 0 Å². The van der Waals surface area contributed by atoms with Crippen LogP contribution in [-0.4, -0.2) is 55.5 Å². The number of halogens is 13. The van der Waals surface area contributed by atoms with Crippen molar-refractivity contribution >= 4 is 5.97 Å². The summed E-state index contributed by atoms with van der Waals surface area (Å²) in [6.45, 7) is 2.29. The molecule has 0 aromatic carbocycles. The largest absolute Gasteiger partial charge is 0.496 e. The van der Waals surface area contributed by atoms with Gasteiger partial charge < -0.3 is 9.47 Å². The van der Waals surface area contributed by atoms with E-state index in [1.54, 1.807) is 0 Å². The topological polar surface area (TPSA) is 35.5 Å². The van der Waals surface area contributed by atoms with Gasteiger partial charge in [0.15, 0.2) is 0 Å². The van der Waals surface area contributed by atoms with Crippen LogP contribution in [-0.2, 0) is 14.3 Å². The van der Waals surface area contributed by atoms with Gasteiger partial charge in [0.1, 0.15) is 5.76 Å². The van der Waals surface area contributed by atoms with Crippen molar-refractivity contribution in [2.75, 3.05) is 13.7 Å². The first-order chi connectivity index (χ1) is 15.1. The average molecular weight is 526 g/mol. The van der Waals surface area contributed by atoms with Crippen molar-refractivity contribution in [2.24, 2.45) is 5.92 Å². The lowest BCUT2D eigenvalue weighted by Gasteiger charge is -2.41. The predicted octanol–water partition coefficient (Wildman–Crippen LogP) is 6.32. The van der Waals surface area contributed by atoms with Gasteiger partial charge >= 0.3 is 41.8 Å². The third-order valence-corrected chi connectivity index (χ3v) is 4.65. The van der Waals surface area contributed by atoms with Crippen LogP contribution < -0.4 is 0 Å². The average Bonchev–Trinajstić information content (AvgIpc) is 2.71. The SMILES string of the molecule is CCOC(=O)C(C)=C1C=CC(C(F)(F)C(F)(F)C(F)(F)C(F)(F)C(F)(F)C(F)(F)F)C=C1OC. The van der Waals surface area contributed by atoms with Gasteiger partial charge in [0.25, 0.3) is 0 Å². The highest BCUT2D eigenvalue weighted by molar-refractivity contribution is 5.90. The summed E-state index contributed by atoms with van der Waals surface area (Å²) in [7, 11) is 0.753. The Kier molecular flexibility index (Phi) is 7.82. The summed E-state index contributed by atoms with van der Waals surface area (Å²) < 4.78 is 183. The van der Waals surface area contributed by atoms with Crippen LogP contribution in [0.5, 0.6) is 0 Å². The molecule has 0 aromatic rings. The second kappa shape index (κ2) is 8.98. The molecule has 16 heteroatoms. The molecule has 0 saturated heterocycles. The number of alkyl halides is 13. The highest BCUT2D eigenvalue weighted by atomic mass is 19.4. The van der Waals surface area contributed by atoms with E-state index in [4.69, 9.17) is 0 Å². The molecule has 1 rings (SSSR count). The number of carbonyl (C=O) groups excluding carboxylic acids is 1. The number of rotatable bonds is 8. The predicted molar refractivity (Wildman–Crippen MR) is 87.8 cm³/mol. The lowest BCUT2D eigenvalue weighted by molar-refractivity contribution is -0.441. The molecule has 1 unspecified atom stereocenters. The molecule has 0 heterocycles. The zero-order valence-electron chi connectivity index (χ0n) is 17.2. The Bertz CT molecular complexity index is 882.